The molecule has 0 aliphatic rings. The number of benzene rings is 1. The van der Waals surface area contributed by atoms with Gasteiger partial charge in [0.1, 0.15) is 5.82 Å². The Hall–Kier alpha value is -2.56. The molecule has 5 heteroatoms. The number of imidazole rings is 1. The molecule has 0 spiro atoms. The second-order valence-electron chi connectivity index (χ2n) is 5.90. The van der Waals surface area contributed by atoms with Gasteiger partial charge in [-0.3, -0.25) is 4.57 Å². The molecule has 27 heavy (non-hydrogen) atoms. The number of hydrogen-bond acceptors (Lipinski definition) is 1. The van der Waals surface area contributed by atoms with Crippen molar-refractivity contribution >= 4 is 5.57 Å². The maximum absolute atomic E-state index is 13.6. The lowest BCUT2D eigenvalue weighted by Crippen LogP contribution is -2.13. The van der Waals surface area contributed by atoms with Crippen LogP contribution in [-0.4, -0.2) is 9.55 Å². The Labute approximate surface area is 159 Å². The Bertz CT molecular complexity index is 809. The largest absolute Gasteiger partial charge is 0.418 e. The van der Waals surface area contributed by atoms with E-state index in [4.69, 9.17) is 0 Å². The van der Waals surface area contributed by atoms with Crippen LogP contribution in [0.25, 0.3) is 11.3 Å². The van der Waals surface area contributed by atoms with E-state index in [1.807, 2.05) is 40.7 Å². The van der Waals surface area contributed by atoms with E-state index in [2.05, 4.69) is 11.6 Å². The highest BCUT2D eigenvalue weighted by Gasteiger charge is 2.35. The number of hydrogen-bond donors (Lipinski definition) is 0. The van der Waals surface area contributed by atoms with Gasteiger partial charge in [-0.25, -0.2) is 4.98 Å². The summed E-state index contributed by atoms with van der Waals surface area (Å²) in [5.41, 5.74) is 0.667. The first-order chi connectivity index (χ1) is 12.8. The van der Waals surface area contributed by atoms with Crippen LogP contribution in [0.3, 0.4) is 0 Å². The number of alkyl halides is 3. The molecule has 0 fully saturated rings. The van der Waals surface area contributed by atoms with Crippen LogP contribution in [0.1, 0.15) is 57.5 Å². The number of allylic oxidation sites excluding steroid dienone is 5. The van der Waals surface area contributed by atoms with E-state index in [-0.39, 0.29) is 11.6 Å². The molecule has 0 saturated carbocycles. The van der Waals surface area contributed by atoms with Crippen molar-refractivity contribution < 1.29 is 13.2 Å². The van der Waals surface area contributed by atoms with E-state index in [1.165, 1.54) is 29.1 Å². The van der Waals surface area contributed by atoms with Crippen LogP contribution >= 0.6 is 0 Å². The van der Waals surface area contributed by atoms with Crippen molar-refractivity contribution in [2.75, 3.05) is 0 Å². The zero-order valence-electron chi connectivity index (χ0n) is 16.5. The molecule has 0 amide bonds. The Morgan fingerprint density at radius 2 is 1.89 bits per heavy atom. The van der Waals surface area contributed by atoms with Gasteiger partial charge in [-0.05, 0) is 30.5 Å². The zero-order valence-corrected chi connectivity index (χ0v) is 16.5. The smallest absolute Gasteiger partial charge is 0.299 e. The van der Waals surface area contributed by atoms with E-state index < -0.39 is 11.7 Å². The van der Waals surface area contributed by atoms with Gasteiger partial charge in [-0.15, -0.1) is 0 Å². The predicted molar refractivity (Wildman–Crippen MR) is 107 cm³/mol. The van der Waals surface area contributed by atoms with Crippen molar-refractivity contribution in [3.8, 4) is 5.69 Å². The van der Waals surface area contributed by atoms with Gasteiger partial charge in [0.25, 0.3) is 0 Å². The van der Waals surface area contributed by atoms with Crippen molar-refractivity contribution in [2.24, 2.45) is 0 Å². The van der Waals surface area contributed by atoms with Crippen molar-refractivity contribution in [2.45, 2.75) is 46.7 Å². The molecular weight excluding hydrogens is 349 g/mol. The predicted octanol–water partition coefficient (Wildman–Crippen LogP) is 7.19. The molecule has 1 heterocycles. The van der Waals surface area contributed by atoms with E-state index >= 15 is 0 Å². The number of rotatable bonds is 5. The maximum atomic E-state index is 13.6. The first-order valence-corrected chi connectivity index (χ1v) is 9.00. The van der Waals surface area contributed by atoms with Gasteiger partial charge < -0.3 is 0 Å². The van der Waals surface area contributed by atoms with Crippen LogP contribution in [0.15, 0.2) is 61.5 Å². The van der Waals surface area contributed by atoms with Crippen LogP contribution in [0.2, 0.25) is 0 Å². The third-order valence-corrected chi connectivity index (χ3v) is 3.84. The molecule has 1 aromatic carbocycles. The fourth-order valence-electron chi connectivity index (χ4n) is 2.50. The molecule has 0 saturated heterocycles. The van der Waals surface area contributed by atoms with E-state index in [1.54, 1.807) is 24.3 Å². The minimum atomic E-state index is -4.46. The first-order valence-electron chi connectivity index (χ1n) is 9.00. The topological polar surface area (TPSA) is 17.8 Å². The molecule has 1 aromatic heterocycles. The normalized spacial score (nSPS) is 12.3. The van der Waals surface area contributed by atoms with E-state index in [9.17, 15) is 13.2 Å². The summed E-state index contributed by atoms with van der Waals surface area (Å²) in [6, 6.07) is 4.44. The standard InChI is InChI=1S/C20H21F3N2.C2H6/c1-5-7-8-15(6-2)19-24-11-12-25(19)18-10-9-16(14(3)4)13-17(18)20(21,22)23;1-2/h5-14H,2H2,1,3-4H3;1-2H3/b7-5-,15-8+;. The number of aromatic nitrogens is 2. The molecule has 0 unspecified atom stereocenters. The minimum absolute atomic E-state index is 0.00994. The van der Waals surface area contributed by atoms with Gasteiger partial charge in [0.2, 0.25) is 0 Å². The average molecular weight is 376 g/mol. The summed E-state index contributed by atoms with van der Waals surface area (Å²) in [7, 11) is 0. The first kappa shape index (κ1) is 22.5. The highest BCUT2D eigenvalue weighted by Crippen LogP contribution is 2.36. The summed E-state index contributed by atoms with van der Waals surface area (Å²) in [6.45, 7) is 13.3. The fraction of sp³-hybridized carbons (Fsp3) is 0.318. The summed E-state index contributed by atoms with van der Waals surface area (Å²) in [4.78, 5) is 4.22. The van der Waals surface area contributed by atoms with Crippen molar-refractivity contribution in [1.82, 2.24) is 9.55 Å². The Kier molecular flexibility index (Phi) is 8.29. The second kappa shape index (κ2) is 9.95. The van der Waals surface area contributed by atoms with Gasteiger partial charge in [-0.2, -0.15) is 13.2 Å². The second-order valence-corrected chi connectivity index (χ2v) is 5.90. The fourth-order valence-corrected chi connectivity index (χ4v) is 2.50. The molecule has 0 N–H and O–H groups in total. The summed E-state index contributed by atoms with van der Waals surface area (Å²) < 4.78 is 42.3. The van der Waals surface area contributed by atoms with Crippen LogP contribution in [-0.2, 0) is 6.18 Å². The Morgan fingerprint density at radius 1 is 1.22 bits per heavy atom. The van der Waals surface area contributed by atoms with E-state index in [0.29, 0.717) is 17.0 Å². The SMILES string of the molecule is C=C/C(=C\C=C/C)c1nccn1-c1ccc(C(C)C)cc1C(F)(F)F.CC. The van der Waals surface area contributed by atoms with Crippen molar-refractivity contribution in [3.63, 3.8) is 0 Å². The van der Waals surface area contributed by atoms with Gasteiger partial charge in [0.05, 0.1) is 11.3 Å². The highest BCUT2D eigenvalue weighted by molar-refractivity contribution is 5.72. The zero-order chi connectivity index (χ0) is 20.6. The van der Waals surface area contributed by atoms with Gasteiger partial charge in [0, 0.05) is 18.0 Å². The minimum Gasteiger partial charge on any atom is -0.299 e. The van der Waals surface area contributed by atoms with Crippen molar-refractivity contribution in [3.05, 3.63) is 78.4 Å². The Balaban J connectivity index is 0.00000176. The lowest BCUT2D eigenvalue weighted by atomic mass is 9.99. The van der Waals surface area contributed by atoms with Crippen LogP contribution in [0.5, 0.6) is 0 Å². The average Bonchev–Trinajstić information content (AvgIpc) is 3.12. The molecule has 0 aliphatic heterocycles. The molecular formula is C22H27F3N2. The quantitative estimate of drug-likeness (QED) is 0.505. The van der Waals surface area contributed by atoms with E-state index in [0.717, 1.165) is 0 Å². The third kappa shape index (κ3) is 5.46. The molecule has 146 valence electrons. The van der Waals surface area contributed by atoms with Crippen LogP contribution in [0, 0.1) is 0 Å². The van der Waals surface area contributed by atoms with Crippen LogP contribution in [0.4, 0.5) is 13.2 Å². The lowest BCUT2D eigenvalue weighted by Gasteiger charge is -2.18. The Morgan fingerprint density at radius 3 is 2.41 bits per heavy atom. The van der Waals surface area contributed by atoms with Gasteiger partial charge in [0.15, 0.2) is 0 Å². The molecule has 2 aromatic rings. The van der Waals surface area contributed by atoms with Gasteiger partial charge in [-0.1, -0.05) is 64.6 Å². The monoisotopic (exact) mass is 376 g/mol. The summed E-state index contributed by atoms with van der Waals surface area (Å²) >= 11 is 0. The summed E-state index contributed by atoms with van der Waals surface area (Å²) in [5.74, 6) is 0.423. The summed E-state index contributed by atoms with van der Waals surface area (Å²) in [6.07, 6.45) is 5.53. The maximum Gasteiger partial charge on any atom is 0.418 e. The highest BCUT2D eigenvalue weighted by atomic mass is 19.4. The van der Waals surface area contributed by atoms with Gasteiger partial charge >= 0.3 is 6.18 Å². The lowest BCUT2D eigenvalue weighted by molar-refractivity contribution is -0.137. The third-order valence-electron chi connectivity index (χ3n) is 3.84. The number of nitrogens with zero attached hydrogens (tertiary/aromatic N) is 2. The molecule has 0 aliphatic carbocycles. The molecule has 0 radical (unpaired) electrons. The summed E-state index contributed by atoms with van der Waals surface area (Å²) in [5, 5.41) is 0. The molecule has 0 atom stereocenters. The molecule has 2 rings (SSSR count). The molecule has 0 bridgehead atoms. The van der Waals surface area contributed by atoms with Crippen molar-refractivity contribution in [1.29, 1.82) is 0 Å². The number of halogens is 3. The van der Waals surface area contributed by atoms with Crippen LogP contribution < -0.4 is 0 Å². The molecule has 2 nitrogen and oxygen atoms in total.